The van der Waals surface area contributed by atoms with E-state index in [2.05, 4.69) is 0 Å². The van der Waals surface area contributed by atoms with Crippen LogP contribution in [0, 0.1) is 0 Å². The van der Waals surface area contributed by atoms with Gasteiger partial charge in [-0.25, -0.2) is 9.59 Å². The van der Waals surface area contributed by atoms with Crippen LogP contribution in [0.5, 0.6) is 0 Å². The van der Waals surface area contributed by atoms with Crippen molar-refractivity contribution < 1.29 is 19.8 Å². The Morgan fingerprint density at radius 2 is 1.22 bits per heavy atom. The molecule has 45 valence electrons. The first-order valence-electron chi connectivity index (χ1n) is 1.77. The van der Waals surface area contributed by atoms with E-state index in [1.165, 1.54) is 0 Å². The van der Waals surface area contributed by atoms with Crippen LogP contribution in [0.25, 0.3) is 0 Å². The van der Waals surface area contributed by atoms with Crippen LogP contribution in [-0.4, -0.2) is 51.7 Å². The number of rotatable bonds is 2. The maximum atomic E-state index is 9.55. The van der Waals surface area contributed by atoms with Crippen LogP contribution in [0.1, 0.15) is 0 Å². The first-order chi connectivity index (χ1) is 3.63. The van der Waals surface area contributed by atoms with Crippen LogP contribution >= 0.6 is 0 Å². The average molecular weight is 139 g/mol. The molecule has 0 fully saturated rings. The average Bonchev–Trinajstić information content (AvgIpc) is 1.61. The van der Waals surface area contributed by atoms with Crippen LogP contribution in [0.15, 0.2) is 12.2 Å². The van der Waals surface area contributed by atoms with Gasteiger partial charge in [-0.2, -0.15) is 0 Å². The molecule has 0 amide bonds. The van der Waals surface area contributed by atoms with Gasteiger partial charge in [-0.05, 0) is 0 Å². The monoisotopic (exact) mass is 139 g/mol. The third-order valence-electron chi connectivity index (χ3n) is 0.368. The van der Waals surface area contributed by atoms with E-state index in [-0.39, 0.29) is 29.6 Å². The number of hydrogen-bond donors (Lipinski definition) is 2. The van der Waals surface area contributed by atoms with Gasteiger partial charge in [-0.3, -0.25) is 0 Å². The van der Waals surface area contributed by atoms with Gasteiger partial charge in [-0.1, -0.05) is 0 Å². The SMILES string of the molecule is O=C(O)/C=C\C(=O)O.[Na]. The number of hydrogen-bond acceptors (Lipinski definition) is 2. The quantitative estimate of drug-likeness (QED) is 0.393. The fraction of sp³-hybridized carbons (Fsp3) is 0. The second-order valence-corrected chi connectivity index (χ2v) is 1.01. The molecule has 0 aromatic rings. The Bertz CT molecular complexity index is 124. The second kappa shape index (κ2) is 5.81. The Kier molecular flexibility index (Phi) is 7.41. The predicted octanol–water partition coefficient (Wildman–Crippen LogP) is -0.669. The van der Waals surface area contributed by atoms with Gasteiger partial charge in [0.05, 0.1) is 0 Å². The topological polar surface area (TPSA) is 74.6 Å². The van der Waals surface area contributed by atoms with Gasteiger partial charge in [0, 0.05) is 41.7 Å². The normalized spacial score (nSPS) is 8.44. The molecule has 0 atom stereocenters. The largest absolute Gasteiger partial charge is 0.478 e. The third kappa shape index (κ3) is 11.3. The molecular weight excluding hydrogens is 135 g/mol. The Balaban J connectivity index is 0. The molecule has 0 aliphatic heterocycles. The van der Waals surface area contributed by atoms with Crippen LogP contribution in [-0.2, 0) is 9.59 Å². The smallest absolute Gasteiger partial charge is 0.328 e. The molecule has 0 bridgehead atoms. The minimum Gasteiger partial charge on any atom is -0.478 e. The van der Waals surface area contributed by atoms with E-state index < -0.39 is 11.9 Å². The van der Waals surface area contributed by atoms with Crippen molar-refractivity contribution in [2.24, 2.45) is 0 Å². The van der Waals surface area contributed by atoms with Gasteiger partial charge in [-0.15, -0.1) is 0 Å². The summed E-state index contributed by atoms with van der Waals surface area (Å²) in [6.07, 6.45) is 1.12. The molecule has 0 spiro atoms. The molecule has 0 saturated heterocycles. The van der Waals surface area contributed by atoms with E-state index in [1.807, 2.05) is 0 Å². The van der Waals surface area contributed by atoms with Crippen molar-refractivity contribution in [3.8, 4) is 0 Å². The van der Waals surface area contributed by atoms with Gasteiger partial charge >= 0.3 is 11.9 Å². The van der Waals surface area contributed by atoms with Crippen LogP contribution in [0.3, 0.4) is 0 Å². The van der Waals surface area contributed by atoms with Gasteiger partial charge < -0.3 is 10.2 Å². The van der Waals surface area contributed by atoms with E-state index in [1.54, 1.807) is 0 Å². The fourth-order valence-corrected chi connectivity index (χ4v) is 0.143. The van der Waals surface area contributed by atoms with Crippen molar-refractivity contribution in [2.45, 2.75) is 0 Å². The fourth-order valence-electron chi connectivity index (χ4n) is 0.143. The summed E-state index contributed by atoms with van der Waals surface area (Å²) in [4.78, 5) is 19.1. The molecule has 0 unspecified atom stereocenters. The standard InChI is InChI=1S/C4H4O4.Na/c5-3(6)1-2-4(7)8;/h1-2H,(H,5,6)(H,7,8);/b2-1-;. The molecule has 0 heterocycles. The van der Waals surface area contributed by atoms with Gasteiger partial charge in [0.1, 0.15) is 0 Å². The van der Waals surface area contributed by atoms with Crippen molar-refractivity contribution in [2.75, 3.05) is 0 Å². The van der Waals surface area contributed by atoms with Crippen molar-refractivity contribution >= 4 is 41.5 Å². The van der Waals surface area contributed by atoms with Gasteiger partial charge in [0.15, 0.2) is 0 Å². The Morgan fingerprint density at radius 1 is 1.00 bits per heavy atom. The molecule has 0 aliphatic rings. The van der Waals surface area contributed by atoms with Crippen molar-refractivity contribution in [3.63, 3.8) is 0 Å². The van der Waals surface area contributed by atoms with Crippen LogP contribution < -0.4 is 0 Å². The first kappa shape index (κ1) is 11.5. The molecule has 9 heavy (non-hydrogen) atoms. The molecule has 0 rings (SSSR count). The van der Waals surface area contributed by atoms with Crippen molar-refractivity contribution in [3.05, 3.63) is 12.2 Å². The van der Waals surface area contributed by atoms with Crippen LogP contribution in [0.2, 0.25) is 0 Å². The molecular formula is C4H4NaO4. The zero-order valence-electron chi connectivity index (χ0n) is 4.87. The second-order valence-electron chi connectivity index (χ2n) is 1.01. The van der Waals surface area contributed by atoms with E-state index in [9.17, 15) is 9.59 Å². The Morgan fingerprint density at radius 3 is 1.33 bits per heavy atom. The summed E-state index contributed by atoms with van der Waals surface area (Å²) in [5, 5.41) is 15.6. The van der Waals surface area contributed by atoms with Gasteiger partial charge in [0.2, 0.25) is 0 Å². The zero-order chi connectivity index (χ0) is 6.57. The van der Waals surface area contributed by atoms with Crippen molar-refractivity contribution in [1.29, 1.82) is 0 Å². The maximum absolute atomic E-state index is 9.55. The number of carbonyl (C=O) groups is 2. The summed E-state index contributed by atoms with van der Waals surface area (Å²) in [5.41, 5.74) is 0. The van der Waals surface area contributed by atoms with E-state index in [0.717, 1.165) is 0 Å². The maximum Gasteiger partial charge on any atom is 0.328 e. The molecule has 4 nitrogen and oxygen atoms in total. The van der Waals surface area contributed by atoms with Crippen LogP contribution in [0.4, 0.5) is 0 Å². The molecule has 0 saturated carbocycles. The van der Waals surface area contributed by atoms with E-state index >= 15 is 0 Å². The summed E-state index contributed by atoms with van der Waals surface area (Å²) < 4.78 is 0. The summed E-state index contributed by atoms with van der Waals surface area (Å²) in [7, 11) is 0. The minimum absolute atomic E-state index is 0. The molecule has 0 aliphatic carbocycles. The summed E-state index contributed by atoms with van der Waals surface area (Å²) in [6.45, 7) is 0. The summed E-state index contributed by atoms with van der Waals surface area (Å²) >= 11 is 0. The summed E-state index contributed by atoms with van der Waals surface area (Å²) in [6, 6.07) is 0. The Labute approximate surface area is 73.5 Å². The third-order valence-corrected chi connectivity index (χ3v) is 0.368. The van der Waals surface area contributed by atoms with E-state index in [0.29, 0.717) is 12.2 Å². The molecule has 1 radical (unpaired) electrons. The molecule has 5 heteroatoms. The van der Waals surface area contributed by atoms with Gasteiger partial charge in [0.25, 0.3) is 0 Å². The number of aliphatic carboxylic acids is 2. The van der Waals surface area contributed by atoms with E-state index in [4.69, 9.17) is 10.2 Å². The first-order valence-corrected chi connectivity index (χ1v) is 1.77. The van der Waals surface area contributed by atoms with Crippen molar-refractivity contribution in [1.82, 2.24) is 0 Å². The molecule has 0 aromatic carbocycles. The number of carboxylic acids is 2. The minimum atomic E-state index is -1.26. The number of carboxylic acid groups (broad SMARTS) is 2. The zero-order valence-corrected chi connectivity index (χ0v) is 6.87. The predicted molar refractivity (Wildman–Crippen MR) is 30.2 cm³/mol. The molecule has 0 aromatic heterocycles. The Hall–Kier alpha value is -0.320. The molecule has 2 N–H and O–H groups in total. The summed E-state index contributed by atoms with van der Waals surface area (Å²) in [5.74, 6) is -2.51.